The van der Waals surface area contributed by atoms with E-state index in [0.29, 0.717) is 5.92 Å². The monoisotopic (exact) mass is 349 g/mol. The normalized spacial score (nSPS) is 20.7. The van der Waals surface area contributed by atoms with Crippen LogP contribution in [-0.2, 0) is 13.1 Å². The van der Waals surface area contributed by atoms with Gasteiger partial charge in [-0.2, -0.15) is 4.98 Å². The molecule has 0 N–H and O–H groups in total. The SMILES string of the molecule is c1ccc(Cn2ccnc2CN2CCCC2c2noc(C3CC3)n2)cc1. The van der Waals surface area contributed by atoms with Crippen molar-refractivity contribution in [3.05, 3.63) is 65.8 Å². The maximum atomic E-state index is 5.48. The number of hydrogen-bond acceptors (Lipinski definition) is 5. The molecule has 2 aromatic heterocycles. The van der Waals surface area contributed by atoms with Crippen molar-refractivity contribution in [1.82, 2.24) is 24.6 Å². The Morgan fingerprint density at radius 1 is 1.08 bits per heavy atom. The van der Waals surface area contributed by atoms with Gasteiger partial charge in [-0.1, -0.05) is 35.5 Å². The zero-order valence-electron chi connectivity index (χ0n) is 14.8. The van der Waals surface area contributed by atoms with Gasteiger partial charge in [-0.25, -0.2) is 4.98 Å². The van der Waals surface area contributed by atoms with E-state index in [9.17, 15) is 0 Å². The van der Waals surface area contributed by atoms with E-state index >= 15 is 0 Å². The summed E-state index contributed by atoms with van der Waals surface area (Å²) in [4.78, 5) is 11.7. The molecule has 2 aliphatic rings. The molecule has 3 heterocycles. The van der Waals surface area contributed by atoms with Crippen molar-refractivity contribution in [1.29, 1.82) is 0 Å². The number of nitrogens with zero attached hydrogens (tertiary/aromatic N) is 5. The Hall–Kier alpha value is -2.47. The van der Waals surface area contributed by atoms with Crippen LogP contribution in [0.2, 0.25) is 0 Å². The predicted octanol–water partition coefficient (Wildman–Crippen LogP) is 3.53. The zero-order chi connectivity index (χ0) is 17.3. The van der Waals surface area contributed by atoms with Crippen molar-refractivity contribution < 1.29 is 4.52 Å². The van der Waals surface area contributed by atoms with Gasteiger partial charge in [-0.05, 0) is 37.8 Å². The second kappa shape index (κ2) is 6.68. The fourth-order valence-electron chi connectivity index (χ4n) is 3.78. The Kier molecular flexibility index (Phi) is 4.05. The summed E-state index contributed by atoms with van der Waals surface area (Å²) in [7, 11) is 0. The summed E-state index contributed by atoms with van der Waals surface area (Å²) in [5, 5.41) is 4.27. The van der Waals surface area contributed by atoms with Crippen molar-refractivity contribution in [3.63, 3.8) is 0 Å². The van der Waals surface area contributed by atoms with Crippen LogP contribution in [-0.4, -0.2) is 31.1 Å². The second-order valence-corrected chi connectivity index (χ2v) is 7.35. The van der Waals surface area contributed by atoms with Crippen LogP contribution in [0.5, 0.6) is 0 Å². The lowest BCUT2D eigenvalue weighted by Crippen LogP contribution is -2.25. The lowest BCUT2D eigenvalue weighted by Gasteiger charge is -2.22. The third-order valence-corrected chi connectivity index (χ3v) is 5.39. The van der Waals surface area contributed by atoms with Gasteiger partial charge in [-0.15, -0.1) is 0 Å². The van der Waals surface area contributed by atoms with E-state index in [4.69, 9.17) is 4.52 Å². The molecular formula is C20H23N5O. The summed E-state index contributed by atoms with van der Waals surface area (Å²) in [5.74, 6) is 3.28. The molecule has 0 spiro atoms. The summed E-state index contributed by atoms with van der Waals surface area (Å²) in [6.07, 6.45) is 8.58. The van der Waals surface area contributed by atoms with Crippen LogP contribution in [0.1, 0.15) is 60.7 Å². The second-order valence-electron chi connectivity index (χ2n) is 7.35. The third-order valence-electron chi connectivity index (χ3n) is 5.39. The Morgan fingerprint density at radius 2 is 1.96 bits per heavy atom. The zero-order valence-corrected chi connectivity index (χ0v) is 14.8. The molecule has 5 rings (SSSR count). The molecule has 1 aliphatic carbocycles. The lowest BCUT2D eigenvalue weighted by molar-refractivity contribution is 0.226. The highest BCUT2D eigenvalue weighted by Crippen LogP contribution is 2.40. The molecule has 6 nitrogen and oxygen atoms in total. The van der Waals surface area contributed by atoms with E-state index in [2.05, 4.69) is 55.1 Å². The molecule has 0 amide bonds. The Bertz CT molecular complexity index is 867. The number of rotatable bonds is 6. The first-order valence-electron chi connectivity index (χ1n) is 9.48. The summed E-state index contributed by atoms with van der Waals surface area (Å²) in [6, 6.07) is 10.8. The quantitative estimate of drug-likeness (QED) is 0.681. The highest BCUT2D eigenvalue weighted by Gasteiger charge is 2.34. The van der Waals surface area contributed by atoms with Crippen LogP contribution in [0, 0.1) is 0 Å². The molecular weight excluding hydrogens is 326 g/mol. The first kappa shape index (κ1) is 15.8. The number of hydrogen-bond donors (Lipinski definition) is 0. The van der Waals surface area contributed by atoms with Crippen molar-refractivity contribution in [3.8, 4) is 0 Å². The summed E-state index contributed by atoms with van der Waals surface area (Å²) in [6.45, 7) is 2.72. The summed E-state index contributed by atoms with van der Waals surface area (Å²) >= 11 is 0. The average Bonchev–Trinajstić information content (AvgIpc) is 3.06. The van der Waals surface area contributed by atoms with Crippen molar-refractivity contribution in [2.75, 3.05) is 6.54 Å². The Labute approximate surface area is 152 Å². The Morgan fingerprint density at radius 3 is 2.81 bits per heavy atom. The van der Waals surface area contributed by atoms with Crippen LogP contribution in [0.4, 0.5) is 0 Å². The van der Waals surface area contributed by atoms with Crippen molar-refractivity contribution >= 4 is 0 Å². The van der Waals surface area contributed by atoms with Gasteiger partial charge >= 0.3 is 0 Å². The van der Waals surface area contributed by atoms with E-state index in [1.807, 2.05) is 12.3 Å². The molecule has 26 heavy (non-hydrogen) atoms. The molecule has 2 fully saturated rings. The van der Waals surface area contributed by atoms with Gasteiger partial charge in [-0.3, -0.25) is 4.90 Å². The topological polar surface area (TPSA) is 60.0 Å². The number of aromatic nitrogens is 4. The van der Waals surface area contributed by atoms with Gasteiger partial charge < -0.3 is 9.09 Å². The van der Waals surface area contributed by atoms with Gasteiger partial charge in [0.2, 0.25) is 5.89 Å². The molecule has 1 aliphatic heterocycles. The van der Waals surface area contributed by atoms with E-state index in [1.54, 1.807) is 0 Å². The predicted molar refractivity (Wildman–Crippen MR) is 96.4 cm³/mol. The van der Waals surface area contributed by atoms with Gasteiger partial charge in [0.1, 0.15) is 5.82 Å². The third kappa shape index (κ3) is 3.17. The fraction of sp³-hybridized carbons (Fsp3) is 0.450. The molecule has 1 atom stereocenters. The highest BCUT2D eigenvalue weighted by molar-refractivity contribution is 5.16. The minimum atomic E-state index is 0.244. The minimum Gasteiger partial charge on any atom is -0.339 e. The van der Waals surface area contributed by atoms with E-state index < -0.39 is 0 Å². The van der Waals surface area contributed by atoms with Gasteiger partial charge in [0.15, 0.2) is 5.82 Å². The van der Waals surface area contributed by atoms with Crippen LogP contribution < -0.4 is 0 Å². The van der Waals surface area contributed by atoms with Crippen LogP contribution in [0.15, 0.2) is 47.2 Å². The molecule has 6 heteroatoms. The van der Waals surface area contributed by atoms with Crippen LogP contribution >= 0.6 is 0 Å². The highest BCUT2D eigenvalue weighted by atomic mass is 16.5. The molecule has 134 valence electrons. The molecule has 1 aromatic carbocycles. The summed E-state index contributed by atoms with van der Waals surface area (Å²) in [5.41, 5.74) is 1.29. The van der Waals surface area contributed by atoms with Gasteiger partial charge in [0.05, 0.1) is 12.6 Å². The average molecular weight is 349 g/mol. The molecule has 0 bridgehead atoms. The van der Waals surface area contributed by atoms with Gasteiger partial charge in [0.25, 0.3) is 0 Å². The van der Waals surface area contributed by atoms with E-state index in [-0.39, 0.29) is 6.04 Å². The standard InChI is InChI=1S/C20H23N5O/c1-2-5-15(6-3-1)13-25-12-10-21-18(25)14-24-11-4-7-17(24)19-22-20(26-23-19)16-8-9-16/h1-3,5-6,10,12,16-17H,4,7-9,11,13-14H2. The maximum absolute atomic E-state index is 5.48. The maximum Gasteiger partial charge on any atom is 0.229 e. The number of benzene rings is 1. The molecule has 3 aromatic rings. The molecule has 1 saturated heterocycles. The van der Waals surface area contributed by atoms with Crippen molar-refractivity contribution in [2.24, 2.45) is 0 Å². The molecule has 1 saturated carbocycles. The van der Waals surface area contributed by atoms with E-state index in [0.717, 1.165) is 50.0 Å². The first-order valence-corrected chi connectivity index (χ1v) is 9.48. The minimum absolute atomic E-state index is 0.244. The largest absolute Gasteiger partial charge is 0.339 e. The number of likely N-dealkylation sites (tertiary alicyclic amines) is 1. The van der Waals surface area contributed by atoms with E-state index in [1.165, 1.54) is 18.4 Å². The van der Waals surface area contributed by atoms with Gasteiger partial charge in [0, 0.05) is 24.9 Å². The first-order chi connectivity index (χ1) is 12.9. The number of imidazole rings is 1. The summed E-state index contributed by atoms with van der Waals surface area (Å²) < 4.78 is 7.71. The van der Waals surface area contributed by atoms with Crippen LogP contribution in [0.3, 0.4) is 0 Å². The smallest absolute Gasteiger partial charge is 0.229 e. The Balaban J connectivity index is 1.31. The van der Waals surface area contributed by atoms with Crippen LogP contribution in [0.25, 0.3) is 0 Å². The molecule has 1 unspecified atom stereocenters. The lowest BCUT2D eigenvalue weighted by atomic mass is 10.2. The fourth-order valence-corrected chi connectivity index (χ4v) is 3.78. The molecule has 0 radical (unpaired) electrons. The van der Waals surface area contributed by atoms with Crippen molar-refractivity contribution in [2.45, 2.75) is 50.7 Å².